The number of hydrazine groups is 1. The molecule has 0 aliphatic heterocycles. The van der Waals surface area contributed by atoms with Gasteiger partial charge in [-0.05, 0) is 24.3 Å². The largest absolute Gasteiger partial charge is 0.351 e. The average Bonchev–Trinajstić information content (AvgIpc) is 2.16. The lowest BCUT2D eigenvalue weighted by molar-refractivity contribution is 0.247. The first-order valence-corrected chi connectivity index (χ1v) is 6.02. The number of halogens is 1. The Morgan fingerprint density at radius 2 is 1.80 bits per heavy atom. The molecule has 0 aliphatic rings. The summed E-state index contributed by atoms with van der Waals surface area (Å²) in [6.07, 6.45) is 0. The average molecular weight is 294 g/mol. The zero-order valence-electron chi connectivity index (χ0n) is 7.40. The van der Waals surface area contributed by atoms with Gasteiger partial charge < -0.3 is 5.73 Å². The molecule has 2 amide bonds. The van der Waals surface area contributed by atoms with Crippen molar-refractivity contribution in [1.29, 1.82) is 0 Å². The van der Waals surface area contributed by atoms with Crippen molar-refractivity contribution in [1.82, 2.24) is 10.3 Å². The molecule has 82 valence electrons. The number of primary amides is 1. The number of nitrogens with one attached hydrogen (secondary N) is 2. The van der Waals surface area contributed by atoms with Gasteiger partial charge in [-0.25, -0.2) is 13.2 Å². The van der Waals surface area contributed by atoms with Crippen LogP contribution >= 0.6 is 15.9 Å². The standard InChI is InChI=1S/C7H8BrN3O3S/c8-5-1-3-6(4-2-5)15(13,14)11-10-7(9)12/h1-4,11H,(H3,9,10,12). The molecule has 4 N–H and O–H groups in total. The molecular weight excluding hydrogens is 286 g/mol. The maximum Gasteiger partial charge on any atom is 0.327 e. The van der Waals surface area contributed by atoms with Crippen LogP contribution in [0.4, 0.5) is 4.79 Å². The maximum atomic E-state index is 11.5. The lowest BCUT2D eigenvalue weighted by Crippen LogP contribution is -2.44. The van der Waals surface area contributed by atoms with E-state index >= 15 is 0 Å². The number of carbonyl (C=O) groups excluding carboxylic acids is 1. The summed E-state index contributed by atoms with van der Waals surface area (Å²) in [6.45, 7) is 0. The van der Waals surface area contributed by atoms with Crippen LogP contribution in [-0.2, 0) is 10.0 Å². The maximum absolute atomic E-state index is 11.5. The number of hydrogen-bond donors (Lipinski definition) is 3. The lowest BCUT2D eigenvalue weighted by Gasteiger charge is -2.05. The molecule has 0 aliphatic carbocycles. The predicted octanol–water partition coefficient (Wildman–Crippen LogP) is 0.311. The van der Waals surface area contributed by atoms with Crippen LogP contribution in [0, 0.1) is 0 Å². The fourth-order valence-electron chi connectivity index (χ4n) is 0.790. The van der Waals surface area contributed by atoms with Crippen LogP contribution in [0.2, 0.25) is 0 Å². The van der Waals surface area contributed by atoms with Crippen LogP contribution in [0.25, 0.3) is 0 Å². The number of amides is 2. The summed E-state index contributed by atoms with van der Waals surface area (Å²) in [4.78, 5) is 12.2. The minimum Gasteiger partial charge on any atom is -0.351 e. The Morgan fingerprint density at radius 3 is 2.27 bits per heavy atom. The predicted molar refractivity (Wildman–Crippen MR) is 57.2 cm³/mol. The number of carbonyl (C=O) groups is 1. The van der Waals surface area contributed by atoms with Gasteiger partial charge in [0.2, 0.25) is 0 Å². The van der Waals surface area contributed by atoms with Crippen LogP contribution in [0.3, 0.4) is 0 Å². The molecule has 15 heavy (non-hydrogen) atoms. The van der Waals surface area contributed by atoms with E-state index in [-0.39, 0.29) is 4.90 Å². The fraction of sp³-hybridized carbons (Fsp3) is 0. The van der Waals surface area contributed by atoms with Crippen molar-refractivity contribution in [3.63, 3.8) is 0 Å². The Hall–Kier alpha value is -1.12. The number of hydrogen-bond acceptors (Lipinski definition) is 3. The summed E-state index contributed by atoms with van der Waals surface area (Å²) in [6, 6.07) is 4.93. The quantitative estimate of drug-likeness (QED) is 0.699. The monoisotopic (exact) mass is 293 g/mol. The van der Waals surface area contributed by atoms with Crippen molar-refractivity contribution in [2.75, 3.05) is 0 Å². The van der Waals surface area contributed by atoms with Gasteiger partial charge >= 0.3 is 6.03 Å². The molecule has 0 saturated carbocycles. The van der Waals surface area contributed by atoms with E-state index in [0.29, 0.717) is 0 Å². The summed E-state index contributed by atoms with van der Waals surface area (Å²) in [5, 5.41) is 0. The Kier molecular flexibility index (Phi) is 3.66. The van der Waals surface area contributed by atoms with Gasteiger partial charge in [-0.2, -0.15) is 0 Å². The van der Waals surface area contributed by atoms with E-state index in [1.165, 1.54) is 12.1 Å². The van der Waals surface area contributed by atoms with E-state index in [4.69, 9.17) is 5.73 Å². The number of rotatable bonds is 3. The summed E-state index contributed by atoms with van der Waals surface area (Å²) < 4.78 is 23.7. The second-order valence-corrected chi connectivity index (χ2v) is 5.15. The van der Waals surface area contributed by atoms with E-state index in [1.54, 1.807) is 17.6 Å². The second-order valence-electron chi connectivity index (χ2n) is 2.55. The summed E-state index contributed by atoms with van der Waals surface area (Å²) in [5.74, 6) is 0. The molecule has 0 unspecified atom stereocenters. The highest BCUT2D eigenvalue weighted by Crippen LogP contribution is 2.13. The van der Waals surface area contributed by atoms with Gasteiger partial charge in [0.05, 0.1) is 4.90 Å². The molecule has 0 saturated heterocycles. The molecule has 0 radical (unpaired) electrons. The van der Waals surface area contributed by atoms with Gasteiger partial charge in [0.1, 0.15) is 0 Å². The molecule has 1 rings (SSSR count). The third kappa shape index (κ3) is 3.50. The zero-order chi connectivity index (χ0) is 11.5. The van der Waals surface area contributed by atoms with E-state index in [1.807, 2.05) is 4.83 Å². The number of nitrogens with two attached hydrogens (primary N) is 1. The Labute approximate surface area is 95.0 Å². The Bertz CT molecular complexity index is 457. The van der Waals surface area contributed by atoms with Crippen molar-refractivity contribution < 1.29 is 13.2 Å². The smallest absolute Gasteiger partial charge is 0.327 e. The third-order valence-corrected chi connectivity index (χ3v) is 3.22. The SMILES string of the molecule is NC(=O)NNS(=O)(=O)c1ccc(Br)cc1. The molecule has 8 heteroatoms. The second kappa shape index (κ2) is 4.60. The molecule has 0 heterocycles. The topological polar surface area (TPSA) is 101 Å². The fourth-order valence-corrected chi connectivity index (χ4v) is 1.90. The normalized spacial score (nSPS) is 11.0. The van der Waals surface area contributed by atoms with Gasteiger partial charge in [0, 0.05) is 4.47 Å². The van der Waals surface area contributed by atoms with Gasteiger partial charge in [0.15, 0.2) is 0 Å². The Morgan fingerprint density at radius 1 is 1.27 bits per heavy atom. The lowest BCUT2D eigenvalue weighted by atomic mass is 10.4. The van der Waals surface area contributed by atoms with Gasteiger partial charge in [-0.3, -0.25) is 5.43 Å². The highest BCUT2D eigenvalue weighted by Gasteiger charge is 2.13. The van der Waals surface area contributed by atoms with Crippen molar-refractivity contribution >= 4 is 32.0 Å². The first-order valence-electron chi connectivity index (χ1n) is 3.74. The van der Waals surface area contributed by atoms with Crippen LogP contribution < -0.4 is 16.0 Å². The van der Waals surface area contributed by atoms with Crippen molar-refractivity contribution in [3.8, 4) is 0 Å². The van der Waals surface area contributed by atoms with Crippen LogP contribution in [-0.4, -0.2) is 14.4 Å². The first kappa shape index (κ1) is 12.0. The van der Waals surface area contributed by atoms with Crippen molar-refractivity contribution in [2.45, 2.75) is 4.90 Å². The Balaban J connectivity index is 2.87. The van der Waals surface area contributed by atoms with Gasteiger partial charge in [0.25, 0.3) is 10.0 Å². The highest BCUT2D eigenvalue weighted by atomic mass is 79.9. The third-order valence-electron chi connectivity index (χ3n) is 1.43. The molecule has 0 atom stereocenters. The minimum absolute atomic E-state index is 0.0273. The minimum atomic E-state index is -3.75. The van der Waals surface area contributed by atoms with E-state index in [0.717, 1.165) is 4.47 Å². The number of sulfonamides is 1. The molecule has 0 bridgehead atoms. The molecule has 6 nitrogen and oxygen atoms in total. The first-order chi connectivity index (χ1) is 6.92. The van der Waals surface area contributed by atoms with Gasteiger partial charge in [-0.1, -0.05) is 15.9 Å². The molecule has 1 aromatic rings. The summed E-state index contributed by atoms with van der Waals surface area (Å²) >= 11 is 3.17. The van der Waals surface area contributed by atoms with E-state index in [2.05, 4.69) is 15.9 Å². The van der Waals surface area contributed by atoms with Gasteiger partial charge in [-0.15, -0.1) is 4.83 Å². The zero-order valence-corrected chi connectivity index (χ0v) is 9.80. The molecule has 0 aromatic heterocycles. The van der Waals surface area contributed by atoms with Crippen molar-refractivity contribution in [3.05, 3.63) is 28.7 Å². The van der Waals surface area contributed by atoms with E-state index in [9.17, 15) is 13.2 Å². The molecule has 1 aromatic carbocycles. The van der Waals surface area contributed by atoms with Crippen LogP contribution in [0.5, 0.6) is 0 Å². The van der Waals surface area contributed by atoms with Crippen LogP contribution in [0.15, 0.2) is 33.6 Å². The number of urea groups is 1. The van der Waals surface area contributed by atoms with Crippen LogP contribution in [0.1, 0.15) is 0 Å². The highest BCUT2D eigenvalue weighted by molar-refractivity contribution is 9.10. The summed E-state index contributed by atoms with van der Waals surface area (Å²) in [7, 11) is -3.75. The van der Waals surface area contributed by atoms with E-state index < -0.39 is 16.1 Å². The van der Waals surface area contributed by atoms with Crippen molar-refractivity contribution in [2.24, 2.45) is 5.73 Å². The summed E-state index contributed by atoms with van der Waals surface area (Å²) in [5.41, 5.74) is 6.51. The number of benzene rings is 1. The molecule has 0 fully saturated rings. The molecule has 0 spiro atoms. The molecular formula is C7H8BrN3O3S.